The maximum absolute atomic E-state index is 8.52. The van der Waals surface area contributed by atoms with Crippen molar-refractivity contribution in [2.75, 3.05) is 0 Å². The molecule has 0 saturated heterocycles. The summed E-state index contributed by atoms with van der Waals surface area (Å²) in [6.45, 7) is 0. The minimum atomic E-state index is -5.17. The Bertz CT molecular complexity index is 213. The molecule has 0 amide bonds. The minimum Gasteiger partial charge on any atom is -0.759 e. The zero-order valence-corrected chi connectivity index (χ0v) is 14.5. The molecule has 0 heterocycles. The number of hydrogen-bond acceptors (Lipinski definition) is 8. The van der Waals surface area contributed by atoms with E-state index in [0.717, 1.165) is 0 Å². The van der Waals surface area contributed by atoms with Crippen molar-refractivity contribution in [1.29, 1.82) is 0 Å². The summed E-state index contributed by atoms with van der Waals surface area (Å²) in [5.41, 5.74) is 0. The maximum atomic E-state index is 8.52. The maximum Gasteiger partial charge on any atom is 3.00 e. The first kappa shape index (κ1) is 23.9. The molecule has 0 N–H and O–H groups in total. The Hall–Kier alpha value is 2.31. The fourth-order valence-electron chi connectivity index (χ4n) is 0. The summed E-state index contributed by atoms with van der Waals surface area (Å²) >= 11 is 0. The molecule has 0 aromatic carbocycles. The van der Waals surface area contributed by atoms with Crippen molar-refractivity contribution in [3.05, 3.63) is 0 Å². The second-order valence-corrected chi connectivity index (χ2v) is 2.45. The first-order valence-electron chi connectivity index (χ1n) is 1.33. The Morgan fingerprint density at radius 3 is 0.667 bits per heavy atom. The van der Waals surface area contributed by atoms with Crippen molar-refractivity contribution in [3.63, 3.8) is 0 Å². The van der Waals surface area contributed by atoms with Crippen LogP contribution in [0.15, 0.2) is 0 Å². The van der Waals surface area contributed by atoms with E-state index in [4.69, 9.17) is 35.0 Å². The van der Waals surface area contributed by atoms with Crippen LogP contribution in [0, 0.1) is 0 Å². The SMILES string of the molecule is O=S(=O)([O-])[O-].O=S(=O)([O-])[O-].[Cs+].[Fe+3]. The largest absolute Gasteiger partial charge is 3.00 e. The quantitative estimate of drug-likeness (QED) is 0.228. The van der Waals surface area contributed by atoms with E-state index < -0.39 is 20.8 Å². The van der Waals surface area contributed by atoms with Gasteiger partial charge in [0.25, 0.3) is 0 Å². The summed E-state index contributed by atoms with van der Waals surface area (Å²) in [7, 11) is -10.3. The smallest absolute Gasteiger partial charge is 0.759 e. The fourth-order valence-corrected chi connectivity index (χ4v) is 0. The second-order valence-electron chi connectivity index (χ2n) is 0.816. The van der Waals surface area contributed by atoms with Crippen LogP contribution in [-0.4, -0.2) is 35.0 Å². The molecule has 0 spiro atoms. The van der Waals surface area contributed by atoms with Crippen LogP contribution in [0.4, 0.5) is 0 Å². The minimum absolute atomic E-state index is 0. The average molecular weight is 381 g/mol. The van der Waals surface area contributed by atoms with Gasteiger partial charge in [-0.15, -0.1) is 0 Å². The van der Waals surface area contributed by atoms with Gasteiger partial charge >= 0.3 is 86.0 Å². The van der Waals surface area contributed by atoms with Gasteiger partial charge in [-0.25, -0.2) is 0 Å². The van der Waals surface area contributed by atoms with E-state index in [1.165, 1.54) is 0 Å². The van der Waals surface area contributed by atoms with Gasteiger partial charge in [-0.05, 0) is 0 Å². The Morgan fingerprint density at radius 2 is 0.667 bits per heavy atom. The van der Waals surface area contributed by atoms with Crippen molar-refractivity contribution in [1.82, 2.24) is 0 Å². The topological polar surface area (TPSA) is 161 Å². The first-order chi connectivity index (χ1) is 4.00. The molecule has 0 aliphatic heterocycles. The Labute approximate surface area is 139 Å². The summed E-state index contributed by atoms with van der Waals surface area (Å²) in [5, 5.41) is 0. The Balaban J connectivity index is -0.0000000457. The van der Waals surface area contributed by atoms with E-state index in [9.17, 15) is 0 Å². The van der Waals surface area contributed by atoms with Gasteiger partial charge in [-0.2, -0.15) is 0 Å². The predicted octanol–water partition coefficient (Wildman–Crippen LogP) is -5.67. The summed E-state index contributed by atoms with van der Waals surface area (Å²) in [4.78, 5) is 0. The molecule has 0 aliphatic rings. The summed E-state index contributed by atoms with van der Waals surface area (Å²) in [6.07, 6.45) is 0. The molecule has 0 saturated carbocycles. The van der Waals surface area contributed by atoms with Gasteiger partial charge in [0.1, 0.15) is 0 Å². The second kappa shape index (κ2) is 9.85. The number of rotatable bonds is 0. The normalized spacial score (nSPS) is 9.67. The molecule has 0 aromatic heterocycles. The van der Waals surface area contributed by atoms with Crippen LogP contribution in [0.25, 0.3) is 0 Å². The molecule has 12 heteroatoms. The third-order valence-electron chi connectivity index (χ3n) is 0. The summed E-state index contributed by atoms with van der Waals surface area (Å²) in [5.74, 6) is 0. The third kappa shape index (κ3) is 295. The molecule has 0 bridgehead atoms. The molecule has 1 radical (unpaired) electrons. The zero-order chi connectivity index (χ0) is 9.00. The van der Waals surface area contributed by atoms with Crippen molar-refractivity contribution in [3.8, 4) is 0 Å². The summed E-state index contributed by atoms with van der Waals surface area (Å²) in [6, 6.07) is 0. The average Bonchev–Trinajstić information content (AvgIpc) is 1.12. The van der Waals surface area contributed by atoms with Crippen molar-refractivity contribution >= 4 is 20.8 Å². The monoisotopic (exact) mass is 381 g/mol. The zero-order valence-electron chi connectivity index (χ0n) is 5.44. The Morgan fingerprint density at radius 1 is 0.667 bits per heavy atom. The van der Waals surface area contributed by atoms with Crippen molar-refractivity contribution in [2.24, 2.45) is 0 Å². The van der Waals surface area contributed by atoms with Crippen LogP contribution in [-0.2, 0) is 37.9 Å². The van der Waals surface area contributed by atoms with Crippen LogP contribution in [0.1, 0.15) is 0 Å². The molecule has 0 fully saturated rings. The molecule has 8 nitrogen and oxygen atoms in total. The van der Waals surface area contributed by atoms with E-state index in [0.29, 0.717) is 0 Å². The van der Waals surface area contributed by atoms with Gasteiger partial charge < -0.3 is 18.2 Å². The molecule has 0 unspecified atom stereocenters. The first-order valence-corrected chi connectivity index (χ1v) is 4.00. The molecular weight excluding hydrogens is 381 g/mol. The van der Waals surface area contributed by atoms with Crippen LogP contribution in [0.5, 0.6) is 0 Å². The molecule has 69 valence electrons. The fraction of sp³-hybridized carbons (Fsp3) is 0. The van der Waals surface area contributed by atoms with Crippen LogP contribution < -0.4 is 68.9 Å². The molecule has 0 aromatic rings. The van der Waals surface area contributed by atoms with E-state index in [2.05, 4.69) is 0 Å². The summed E-state index contributed by atoms with van der Waals surface area (Å²) < 4.78 is 68.2. The van der Waals surface area contributed by atoms with Crippen LogP contribution in [0.2, 0.25) is 0 Å². The molecule has 0 aliphatic carbocycles. The number of hydrogen-bond donors (Lipinski definition) is 0. The third-order valence-corrected chi connectivity index (χ3v) is 0. The van der Waals surface area contributed by atoms with E-state index in [1.54, 1.807) is 0 Å². The van der Waals surface area contributed by atoms with Crippen LogP contribution in [0.3, 0.4) is 0 Å². The van der Waals surface area contributed by atoms with E-state index >= 15 is 0 Å². The van der Waals surface area contributed by atoms with Crippen molar-refractivity contribution < 1.29 is 121 Å². The molecule has 0 atom stereocenters. The Kier molecular flexibility index (Phi) is 19.6. The molecule has 12 heavy (non-hydrogen) atoms. The van der Waals surface area contributed by atoms with Gasteiger partial charge in [0, 0.05) is 20.8 Å². The van der Waals surface area contributed by atoms with Gasteiger partial charge in [0.15, 0.2) is 0 Å². The van der Waals surface area contributed by atoms with Gasteiger partial charge in [0.2, 0.25) is 0 Å². The standard InChI is InChI=1S/Cs.Fe.2H2O4S/c;;2*1-5(2,3)4/h;;2*(H2,1,2,3,4)/q+1;+3;;/p-4. The van der Waals surface area contributed by atoms with Gasteiger partial charge in [-0.3, -0.25) is 16.8 Å². The van der Waals surface area contributed by atoms with E-state index in [-0.39, 0.29) is 86.0 Å². The van der Waals surface area contributed by atoms with Crippen molar-refractivity contribution in [2.45, 2.75) is 0 Å². The molecular formula is CsFeO8S2. The predicted molar refractivity (Wildman–Crippen MR) is 20.9 cm³/mol. The van der Waals surface area contributed by atoms with E-state index in [1.807, 2.05) is 0 Å². The molecule has 0 rings (SSSR count). The van der Waals surface area contributed by atoms with Crippen LogP contribution >= 0.6 is 0 Å². The van der Waals surface area contributed by atoms with Gasteiger partial charge in [0.05, 0.1) is 0 Å². The van der Waals surface area contributed by atoms with Gasteiger partial charge in [-0.1, -0.05) is 0 Å².